The summed E-state index contributed by atoms with van der Waals surface area (Å²) in [5.41, 5.74) is 1.14. The largest absolute Gasteiger partial charge is 0.464 e. The molecule has 0 saturated carbocycles. The standard InChI is InChI=1S/C14H20N2OS/c1-4-12-6-7-14(17-12)13(15-5-2)8-11-9-18-10(3)16-11/h6-7,9,13,15H,4-5,8H2,1-3H3. The highest BCUT2D eigenvalue weighted by Crippen LogP contribution is 2.22. The molecule has 0 spiro atoms. The molecule has 1 N–H and O–H groups in total. The van der Waals surface area contributed by atoms with Crippen molar-refractivity contribution in [3.63, 3.8) is 0 Å². The van der Waals surface area contributed by atoms with Crippen LogP contribution in [0, 0.1) is 6.92 Å². The van der Waals surface area contributed by atoms with Gasteiger partial charge < -0.3 is 9.73 Å². The van der Waals surface area contributed by atoms with Gasteiger partial charge in [-0.25, -0.2) is 4.98 Å². The Hall–Kier alpha value is -1.13. The van der Waals surface area contributed by atoms with E-state index >= 15 is 0 Å². The molecule has 4 heteroatoms. The van der Waals surface area contributed by atoms with E-state index in [4.69, 9.17) is 4.42 Å². The van der Waals surface area contributed by atoms with Crippen LogP contribution in [0.15, 0.2) is 21.9 Å². The molecule has 0 aliphatic carbocycles. The van der Waals surface area contributed by atoms with Crippen LogP contribution in [0.25, 0.3) is 0 Å². The average molecular weight is 264 g/mol. The fourth-order valence-corrected chi connectivity index (χ4v) is 2.63. The molecule has 1 atom stereocenters. The monoisotopic (exact) mass is 264 g/mol. The van der Waals surface area contributed by atoms with Crippen LogP contribution in [0.5, 0.6) is 0 Å². The minimum absolute atomic E-state index is 0.219. The molecule has 18 heavy (non-hydrogen) atoms. The number of aryl methyl sites for hydroxylation is 2. The molecule has 2 aromatic rings. The van der Waals surface area contributed by atoms with Crippen molar-refractivity contribution in [1.82, 2.24) is 10.3 Å². The van der Waals surface area contributed by atoms with Gasteiger partial charge in [0.2, 0.25) is 0 Å². The summed E-state index contributed by atoms with van der Waals surface area (Å²) >= 11 is 1.70. The molecule has 0 fully saturated rings. The van der Waals surface area contributed by atoms with E-state index in [1.54, 1.807) is 11.3 Å². The number of hydrogen-bond donors (Lipinski definition) is 1. The van der Waals surface area contributed by atoms with E-state index in [0.29, 0.717) is 0 Å². The number of aromatic nitrogens is 1. The fourth-order valence-electron chi connectivity index (χ4n) is 2.00. The SMILES string of the molecule is CCNC(Cc1csc(C)n1)c1ccc(CC)o1. The zero-order valence-electron chi connectivity index (χ0n) is 11.2. The average Bonchev–Trinajstić information content (AvgIpc) is 2.97. The highest BCUT2D eigenvalue weighted by Gasteiger charge is 2.16. The van der Waals surface area contributed by atoms with E-state index in [1.807, 2.05) is 6.92 Å². The van der Waals surface area contributed by atoms with Crippen LogP contribution < -0.4 is 5.32 Å². The van der Waals surface area contributed by atoms with Crippen LogP contribution in [-0.2, 0) is 12.8 Å². The van der Waals surface area contributed by atoms with Crippen molar-refractivity contribution < 1.29 is 4.42 Å². The third-order valence-electron chi connectivity index (χ3n) is 2.90. The second kappa shape index (κ2) is 6.16. The van der Waals surface area contributed by atoms with Crippen LogP contribution in [-0.4, -0.2) is 11.5 Å². The molecule has 0 aliphatic heterocycles. The maximum atomic E-state index is 5.84. The summed E-state index contributed by atoms with van der Waals surface area (Å²) in [5, 5.41) is 6.71. The van der Waals surface area contributed by atoms with Gasteiger partial charge in [-0.2, -0.15) is 0 Å². The van der Waals surface area contributed by atoms with Crippen LogP contribution in [0.2, 0.25) is 0 Å². The Bertz CT molecular complexity index is 489. The van der Waals surface area contributed by atoms with E-state index in [0.717, 1.165) is 41.6 Å². The number of nitrogens with one attached hydrogen (secondary N) is 1. The topological polar surface area (TPSA) is 38.1 Å². The summed E-state index contributed by atoms with van der Waals surface area (Å²) < 4.78 is 5.84. The van der Waals surface area contributed by atoms with E-state index < -0.39 is 0 Å². The summed E-state index contributed by atoms with van der Waals surface area (Å²) in [6.07, 6.45) is 1.82. The minimum Gasteiger partial charge on any atom is -0.464 e. The number of rotatable bonds is 6. The van der Waals surface area contributed by atoms with Crippen molar-refractivity contribution in [1.29, 1.82) is 0 Å². The lowest BCUT2D eigenvalue weighted by Gasteiger charge is -2.14. The fraction of sp³-hybridized carbons (Fsp3) is 0.500. The Morgan fingerprint density at radius 3 is 2.78 bits per heavy atom. The van der Waals surface area contributed by atoms with Gasteiger partial charge in [0.25, 0.3) is 0 Å². The summed E-state index contributed by atoms with van der Waals surface area (Å²) in [6, 6.07) is 4.36. The van der Waals surface area contributed by atoms with Crippen LogP contribution >= 0.6 is 11.3 Å². The number of nitrogens with zero attached hydrogens (tertiary/aromatic N) is 1. The van der Waals surface area contributed by atoms with E-state index in [9.17, 15) is 0 Å². The van der Waals surface area contributed by atoms with Gasteiger partial charge in [0.15, 0.2) is 0 Å². The van der Waals surface area contributed by atoms with E-state index in [-0.39, 0.29) is 6.04 Å². The summed E-state index contributed by atoms with van der Waals surface area (Å²) in [4.78, 5) is 4.52. The molecule has 2 heterocycles. The summed E-state index contributed by atoms with van der Waals surface area (Å²) in [5.74, 6) is 2.06. The zero-order valence-corrected chi connectivity index (χ0v) is 12.0. The predicted octanol–water partition coefficient (Wildman–Crippen LogP) is 3.50. The lowest BCUT2D eigenvalue weighted by Crippen LogP contribution is -2.22. The quantitative estimate of drug-likeness (QED) is 0.867. The van der Waals surface area contributed by atoms with Crippen molar-refractivity contribution in [3.8, 4) is 0 Å². The predicted molar refractivity (Wildman–Crippen MR) is 75.1 cm³/mol. The molecular formula is C14H20N2OS. The molecule has 0 aliphatic rings. The summed E-state index contributed by atoms with van der Waals surface area (Å²) in [7, 11) is 0. The molecule has 0 radical (unpaired) electrons. The van der Waals surface area contributed by atoms with Crippen molar-refractivity contribution >= 4 is 11.3 Å². The highest BCUT2D eigenvalue weighted by atomic mass is 32.1. The Morgan fingerprint density at radius 1 is 1.39 bits per heavy atom. The van der Waals surface area contributed by atoms with Crippen molar-refractivity contribution in [2.45, 2.75) is 39.7 Å². The smallest absolute Gasteiger partial charge is 0.121 e. The first-order valence-electron chi connectivity index (χ1n) is 6.46. The van der Waals surface area contributed by atoms with Crippen LogP contribution in [0.1, 0.15) is 42.1 Å². The maximum absolute atomic E-state index is 5.84. The second-order valence-corrected chi connectivity index (χ2v) is 5.39. The minimum atomic E-state index is 0.219. The van der Waals surface area contributed by atoms with Crippen molar-refractivity contribution in [3.05, 3.63) is 39.7 Å². The number of furan rings is 1. The Labute approximate surface area is 112 Å². The molecule has 0 bridgehead atoms. The van der Waals surface area contributed by atoms with Gasteiger partial charge >= 0.3 is 0 Å². The molecule has 1 unspecified atom stereocenters. The van der Waals surface area contributed by atoms with Gasteiger partial charge in [0, 0.05) is 18.2 Å². The first kappa shape index (κ1) is 13.3. The molecule has 0 aromatic carbocycles. The maximum Gasteiger partial charge on any atom is 0.121 e. The van der Waals surface area contributed by atoms with Gasteiger partial charge in [0.1, 0.15) is 11.5 Å². The summed E-state index contributed by atoms with van der Waals surface area (Å²) in [6.45, 7) is 7.19. The van der Waals surface area contributed by atoms with Gasteiger partial charge in [0.05, 0.1) is 16.7 Å². The number of likely N-dealkylation sites (N-methyl/N-ethyl adjacent to an activating group) is 1. The third kappa shape index (κ3) is 3.21. The van der Waals surface area contributed by atoms with E-state index in [2.05, 4.69) is 41.7 Å². The first-order chi connectivity index (χ1) is 8.72. The van der Waals surface area contributed by atoms with Crippen molar-refractivity contribution in [2.75, 3.05) is 6.54 Å². The van der Waals surface area contributed by atoms with Gasteiger partial charge in [-0.05, 0) is 25.6 Å². The first-order valence-corrected chi connectivity index (χ1v) is 7.33. The normalized spacial score (nSPS) is 12.8. The van der Waals surface area contributed by atoms with Crippen LogP contribution in [0.3, 0.4) is 0 Å². The Morgan fingerprint density at radius 2 is 2.22 bits per heavy atom. The Balaban J connectivity index is 2.12. The van der Waals surface area contributed by atoms with E-state index in [1.165, 1.54) is 0 Å². The van der Waals surface area contributed by atoms with Crippen molar-refractivity contribution in [2.24, 2.45) is 0 Å². The molecule has 2 rings (SSSR count). The number of thiazole rings is 1. The zero-order chi connectivity index (χ0) is 13.0. The lowest BCUT2D eigenvalue weighted by atomic mass is 10.1. The van der Waals surface area contributed by atoms with Gasteiger partial charge in [-0.1, -0.05) is 13.8 Å². The molecule has 0 amide bonds. The molecule has 0 saturated heterocycles. The highest BCUT2D eigenvalue weighted by molar-refractivity contribution is 7.09. The molecule has 98 valence electrons. The van der Waals surface area contributed by atoms with Gasteiger partial charge in [-0.3, -0.25) is 0 Å². The molecule has 2 aromatic heterocycles. The lowest BCUT2D eigenvalue weighted by molar-refractivity contribution is 0.395. The van der Waals surface area contributed by atoms with Gasteiger partial charge in [-0.15, -0.1) is 11.3 Å². The number of hydrogen-bond acceptors (Lipinski definition) is 4. The molecule has 3 nitrogen and oxygen atoms in total. The third-order valence-corrected chi connectivity index (χ3v) is 3.73. The molecular weight excluding hydrogens is 244 g/mol. The van der Waals surface area contributed by atoms with Crippen LogP contribution in [0.4, 0.5) is 0 Å². The second-order valence-electron chi connectivity index (χ2n) is 4.33. The Kier molecular flexibility index (Phi) is 4.55.